The fourth-order valence-electron chi connectivity index (χ4n) is 2.66. The topological polar surface area (TPSA) is 86.8 Å². The van der Waals surface area contributed by atoms with E-state index >= 15 is 0 Å². The van der Waals surface area contributed by atoms with Crippen LogP contribution >= 0.6 is 0 Å². The van der Waals surface area contributed by atoms with Crippen LogP contribution in [-0.2, 0) is 0 Å². The van der Waals surface area contributed by atoms with Gasteiger partial charge in [0.15, 0.2) is 11.5 Å². The molecule has 3 aromatic rings. The summed E-state index contributed by atoms with van der Waals surface area (Å²) in [5.74, 6) is 3.34. The highest BCUT2D eigenvalue weighted by molar-refractivity contribution is 5.67. The molecule has 0 saturated heterocycles. The molecular weight excluding hydrogens is 360 g/mol. The van der Waals surface area contributed by atoms with Gasteiger partial charge in [0.05, 0.1) is 34.1 Å². The summed E-state index contributed by atoms with van der Waals surface area (Å²) in [7, 11) is 6.31. The number of rotatable bonds is 8. The molecule has 2 aromatic carbocycles. The molecule has 0 aliphatic rings. The van der Waals surface area contributed by atoms with E-state index in [9.17, 15) is 0 Å². The van der Waals surface area contributed by atoms with Gasteiger partial charge in [-0.3, -0.25) is 0 Å². The molecule has 0 bridgehead atoms. The number of anilines is 4. The molecule has 146 valence electrons. The molecule has 0 aliphatic carbocycles. The second-order valence-electron chi connectivity index (χ2n) is 5.63. The molecule has 2 N–H and O–H groups in total. The second-order valence-corrected chi connectivity index (χ2v) is 5.63. The van der Waals surface area contributed by atoms with Crippen LogP contribution in [0.4, 0.5) is 23.1 Å². The molecule has 0 atom stereocenters. The predicted octanol–water partition coefficient (Wildman–Crippen LogP) is 4.00. The number of methoxy groups -OCH3 is 4. The summed E-state index contributed by atoms with van der Waals surface area (Å²) in [5.41, 5.74) is 1.51. The zero-order valence-corrected chi connectivity index (χ0v) is 16.1. The van der Waals surface area contributed by atoms with Crippen molar-refractivity contribution in [3.63, 3.8) is 0 Å². The van der Waals surface area contributed by atoms with Gasteiger partial charge in [0.1, 0.15) is 11.6 Å². The average Bonchev–Trinajstić information content (AvgIpc) is 2.73. The summed E-state index contributed by atoms with van der Waals surface area (Å²) >= 11 is 0. The van der Waals surface area contributed by atoms with Crippen molar-refractivity contribution in [1.82, 2.24) is 9.97 Å². The molecule has 0 aliphatic heterocycles. The Morgan fingerprint density at radius 2 is 1.43 bits per heavy atom. The number of ether oxygens (including phenoxy) is 4. The molecule has 0 amide bonds. The van der Waals surface area contributed by atoms with Crippen molar-refractivity contribution in [2.45, 2.75) is 0 Å². The molecule has 3 rings (SSSR count). The van der Waals surface area contributed by atoms with E-state index in [1.165, 1.54) is 0 Å². The summed E-state index contributed by atoms with van der Waals surface area (Å²) < 4.78 is 21.4. The Morgan fingerprint density at radius 3 is 2.07 bits per heavy atom. The molecule has 8 heteroatoms. The van der Waals surface area contributed by atoms with Crippen molar-refractivity contribution in [2.75, 3.05) is 39.1 Å². The number of para-hydroxylation sites is 2. The molecule has 1 aromatic heterocycles. The van der Waals surface area contributed by atoms with Crippen LogP contribution in [0.25, 0.3) is 0 Å². The minimum atomic E-state index is 0.411. The van der Waals surface area contributed by atoms with Crippen LogP contribution < -0.4 is 29.6 Å². The lowest BCUT2D eigenvalue weighted by molar-refractivity contribution is 0.324. The van der Waals surface area contributed by atoms with Crippen molar-refractivity contribution in [3.8, 4) is 23.0 Å². The quantitative estimate of drug-likeness (QED) is 0.605. The molecule has 0 saturated carbocycles. The van der Waals surface area contributed by atoms with Crippen LogP contribution in [0.15, 0.2) is 48.7 Å². The van der Waals surface area contributed by atoms with Gasteiger partial charge in [0.2, 0.25) is 11.7 Å². The summed E-state index contributed by atoms with van der Waals surface area (Å²) in [6.45, 7) is 0. The van der Waals surface area contributed by atoms with Crippen LogP contribution in [-0.4, -0.2) is 38.4 Å². The molecule has 0 radical (unpaired) electrons. The van der Waals surface area contributed by atoms with Crippen molar-refractivity contribution >= 4 is 23.1 Å². The number of hydrogen-bond acceptors (Lipinski definition) is 8. The number of aromatic nitrogens is 2. The Balaban J connectivity index is 1.85. The summed E-state index contributed by atoms with van der Waals surface area (Å²) in [5, 5.41) is 6.38. The Labute approximate surface area is 163 Å². The van der Waals surface area contributed by atoms with E-state index in [0.717, 1.165) is 11.4 Å². The fraction of sp³-hybridized carbons (Fsp3) is 0.200. The van der Waals surface area contributed by atoms with Gasteiger partial charge in [0, 0.05) is 24.0 Å². The summed E-state index contributed by atoms with van der Waals surface area (Å²) in [6.07, 6.45) is 1.66. The maximum absolute atomic E-state index is 5.37. The zero-order chi connectivity index (χ0) is 19.9. The van der Waals surface area contributed by atoms with Gasteiger partial charge in [-0.2, -0.15) is 4.98 Å². The number of nitrogens with zero attached hydrogens (tertiary/aromatic N) is 2. The lowest BCUT2D eigenvalue weighted by atomic mass is 10.2. The Morgan fingerprint density at radius 1 is 0.750 bits per heavy atom. The third-order valence-electron chi connectivity index (χ3n) is 3.95. The van der Waals surface area contributed by atoms with Gasteiger partial charge in [-0.15, -0.1) is 0 Å². The molecule has 0 fully saturated rings. The van der Waals surface area contributed by atoms with E-state index in [2.05, 4.69) is 20.6 Å². The lowest BCUT2D eigenvalue weighted by Crippen LogP contribution is -2.02. The first-order valence-electron chi connectivity index (χ1n) is 8.48. The zero-order valence-electron chi connectivity index (χ0n) is 16.1. The molecule has 0 spiro atoms. The Hall–Kier alpha value is -3.68. The maximum Gasteiger partial charge on any atom is 0.229 e. The monoisotopic (exact) mass is 382 g/mol. The highest BCUT2D eigenvalue weighted by Gasteiger charge is 2.14. The Kier molecular flexibility index (Phi) is 6.01. The highest BCUT2D eigenvalue weighted by Crippen LogP contribution is 2.40. The lowest BCUT2D eigenvalue weighted by Gasteiger charge is -2.15. The second kappa shape index (κ2) is 8.81. The standard InChI is InChI=1S/C20H22N4O4/c1-25-15-8-6-5-7-14(15)23-18-9-10-21-20(24-18)22-13-11-16(26-2)19(28-4)17(12-13)27-3/h5-12H,1-4H3,(H2,21,22,23,24). The molecule has 28 heavy (non-hydrogen) atoms. The van der Waals surface area contributed by atoms with Gasteiger partial charge in [0.25, 0.3) is 0 Å². The largest absolute Gasteiger partial charge is 0.495 e. The SMILES string of the molecule is COc1ccccc1Nc1ccnc(Nc2cc(OC)c(OC)c(OC)c2)n1. The van der Waals surface area contributed by atoms with E-state index in [1.54, 1.807) is 52.8 Å². The van der Waals surface area contributed by atoms with Crippen LogP contribution in [0.2, 0.25) is 0 Å². The van der Waals surface area contributed by atoms with E-state index < -0.39 is 0 Å². The minimum Gasteiger partial charge on any atom is -0.495 e. The third kappa shape index (κ3) is 4.17. The van der Waals surface area contributed by atoms with Crippen molar-refractivity contribution in [3.05, 3.63) is 48.7 Å². The number of hydrogen-bond donors (Lipinski definition) is 2. The normalized spacial score (nSPS) is 10.1. The van der Waals surface area contributed by atoms with Crippen LogP contribution in [0.1, 0.15) is 0 Å². The first-order valence-corrected chi connectivity index (χ1v) is 8.48. The number of nitrogens with one attached hydrogen (secondary N) is 2. The molecular formula is C20H22N4O4. The van der Waals surface area contributed by atoms with E-state index in [4.69, 9.17) is 18.9 Å². The van der Waals surface area contributed by atoms with Gasteiger partial charge in [-0.05, 0) is 18.2 Å². The summed E-state index contributed by atoms with van der Waals surface area (Å²) in [6, 6.07) is 12.9. The molecule has 8 nitrogen and oxygen atoms in total. The first kappa shape index (κ1) is 19.1. The molecule has 0 unspecified atom stereocenters. The first-order chi connectivity index (χ1) is 13.7. The smallest absolute Gasteiger partial charge is 0.229 e. The highest BCUT2D eigenvalue weighted by atomic mass is 16.5. The van der Waals surface area contributed by atoms with Gasteiger partial charge >= 0.3 is 0 Å². The fourth-order valence-corrected chi connectivity index (χ4v) is 2.66. The van der Waals surface area contributed by atoms with Crippen LogP contribution in [0.3, 0.4) is 0 Å². The average molecular weight is 382 g/mol. The van der Waals surface area contributed by atoms with Gasteiger partial charge in [-0.25, -0.2) is 4.98 Å². The van der Waals surface area contributed by atoms with Gasteiger partial charge in [-0.1, -0.05) is 12.1 Å². The van der Waals surface area contributed by atoms with E-state index in [-0.39, 0.29) is 0 Å². The van der Waals surface area contributed by atoms with Crippen LogP contribution in [0, 0.1) is 0 Å². The Bertz CT molecular complexity index is 924. The van der Waals surface area contributed by atoms with E-state index in [1.807, 2.05) is 24.3 Å². The third-order valence-corrected chi connectivity index (χ3v) is 3.95. The van der Waals surface area contributed by atoms with Gasteiger partial charge < -0.3 is 29.6 Å². The maximum atomic E-state index is 5.37. The predicted molar refractivity (Wildman–Crippen MR) is 108 cm³/mol. The van der Waals surface area contributed by atoms with Crippen molar-refractivity contribution in [2.24, 2.45) is 0 Å². The molecule has 1 heterocycles. The van der Waals surface area contributed by atoms with E-state index in [0.29, 0.717) is 34.7 Å². The van der Waals surface area contributed by atoms with Crippen molar-refractivity contribution in [1.29, 1.82) is 0 Å². The number of benzene rings is 2. The van der Waals surface area contributed by atoms with Crippen LogP contribution in [0.5, 0.6) is 23.0 Å². The minimum absolute atomic E-state index is 0.411. The summed E-state index contributed by atoms with van der Waals surface area (Å²) in [4.78, 5) is 8.76. The van der Waals surface area contributed by atoms with Crippen molar-refractivity contribution < 1.29 is 18.9 Å².